The zero-order valence-corrected chi connectivity index (χ0v) is 10.4. The van der Waals surface area contributed by atoms with Crippen LogP contribution in [0.2, 0.25) is 0 Å². The molecule has 1 aliphatic heterocycles. The van der Waals surface area contributed by atoms with Crippen LogP contribution < -0.4 is 5.43 Å². The van der Waals surface area contributed by atoms with Gasteiger partial charge in [-0.15, -0.1) is 11.3 Å². The highest BCUT2D eigenvalue weighted by atomic mass is 32.1. The summed E-state index contributed by atoms with van der Waals surface area (Å²) in [6, 6.07) is 4.90. The van der Waals surface area contributed by atoms with Crippen molar-refractivity contribution in [1.29, 1.82) is 0 Å². The monoisotopic (exact) mass is 224 g/mol. The number of nitrogens with zero attached hydrogens (tertiary/aromatic N) is 1. The normalized spacial score (nSPS) is 20.4. The van der Waals surface area contributed by atoms with Crippen LogP contribution in [0.15, 0.2) is 12.1 Å². The van der Waals surface area contributed by atoms with Crippen molar-refractivity contribution in [3.05, 3.63) is 21.9 Å². The molecule has 0 amide bonds. The minimum Gasteiger partial charge on any atom is -0.247 e. The third-order valence-electron chi connectivity index (χ3n) is 2.92. The summed E-state index contributed by atoms with van der Waals surface area (Å²) in [6.07, 6.45) is 4.07. The van der Waals surface area contributed by atoms with Gasteiger partial charge in [0.25, 0.3) is 0 Å². The first-order valence-corrected chi connectivity index (χ1v) is 6.65. The van der Waals surface area contributed by atoms with Crippen LogP contribution in [0.25, 0.3) is 0 Å². The molecule has 2 nitrogen and oxygen atoms in total. The van der Waals surface area contributed by atoms with Crippen molar-refractivity contribution in [1.82, 2.24) is 10.4 Å². The zero-order valence-electron chi connectivity index (χ0n) is 9.62. The smallest absolute Gasteiger partial charge is 0.0529 e. The average molecular weight is 224 g/mol. The third kappa shape index (κ3) is 3.03. The van der Waals surface area contributed by atoms with Crippen molar-refractivity contribution < 1.29 is 0 Å². The van der Waals surface area contributed by atoms with Crippen molar-refractivity contribution in [3.63, 3.8) is 0 Å². The van der Waals surface area contributed by atoms with Gasteiger partial charge in [0.2, 0.25) is 0 Å². The minimum atomic E-state index is 0.460. The SMILES string of the molecule is Cc1ccc(C(C)NN2CCCCC2)s1. The molecule has 0 radical (unpaired) electrons. The summed E-state index contributed by atoms with van der Waals surface area (Å²) in [5, 5.41) is 2.38. The van der Waals surface area contributed by atoms with Crippen molar-refractivity contribution in [2.45, 2.75) is 39.2 Å². The third-order valence-corrected chi connectivity index (χ3v) is 4.10. The lowest BCUT2D eigenvalue weighted by molar-refractivity contribution is 0.134. The van der Waals surface area contributed by atoms with Crippen LogP contribution in [-0.2, 0) is 0 Å². The standard InChI is InChI=1S/C12H20N2S/c1-10-6-7-12(15-10)11(2)13-14-8-4-3-5-9-14/h6-7,11,13H,3-5,8-9H2,1-2H3. The molecule has 1 fully saturated rings. The Hall–Kier alpha value is -0.380. The molecule has 0 bridgehead atoms. The van der Waals surface area contributed by atoms with Crippen molar-refractivity contribution >= 4 is 11.3 Å². The Bertz CT molecular complexity index is 302. The Morgan fingerprint density at radius 1 is 1.27 bits per heavy atom. The Morgan fingerprint density at radius 2 is 2.00 bits per heavy atom. The summed E-state index contributed by atoms with van der Waals surface area (Å²) >= 11 is 1.90. The molecule has 1 saturated heterocycles. The number of thiophene rings is 1. The first-order valence-electron chi connectivity index (χ1n) is 5.83. The van der Waals surface area contributed by atoms with Gasteiger partial charge in [-0.2, -0.15) is 0 Å². The molecule has 0 saturated carbocycles. The summed E-state index contributed by atoms with van der Waals surface area (Å²) in [6.45, 7) is 6.82. The summed E-state index contributed by atoms with van der Waals surface area (Å²) in [7, 11) is 0. The molecule has 0 spiro atoms. The molecular weight excluding hydrogens is 204 g/mol. The van der Waals surface area contributed by atoms with Crippen LogP contribution in [0.1, 0.15) is 42.0 Å². The molecule has 1 aromatic rings. The maximum atomic E-state index is 3.59. The quantitative estimate of drug-likeness (QED) is 0.848. The molecule has 1 atom stereocenters. The van der Waals surface area contributed by atoms with Crippen LogP contribution >= 0.6 is 11.3 Å². The summed E-state index contributed by atoms with van der Waals surface area (Å²) in [5.74, 6) is 0. The number of hydrazine groups is 1. The fraction of sp³-hybridized carbons (Fsp3) is 0.667. The highest BCUT2D eigenvalue weighted by Crippen LogP contribution is 2.23. The number of aryl methyl sites for hydroxylation is 1. The van der Waals surface area contributed by atoms with E-state index in [0.717, 1.165) is 0 Å². The molecule has 1 unspecified atom stereocenters. The Kier molecular flexibility index (Phi) is 3.78. The summed E-state index contributed by atoms with van der Waals surface area (Å²) < 4.78 is 0. The lowest BCUT2D eigenvalue weighted by Gasteiger charge is -2.29. The first-order chi connectivity index (χ1) is 7.25. The first kappa shape index (κ1) is 11.1. The summed E-state index contributed by atoms with van der Waals surface area (Å²) in [5.41, 5.74) is 3.59. The zero-order chi connectivity index (χ0) is 10.7. The van der Waals surface area contributed by atoms with Gasteiger partial charge in [-0.05, 0) is 38.8 Å². The Balaban J connectivity index is 1.88. The highest BCUT2D eigenvalue weighted by Gasteiger charge is 2.14. The predicted molar refractivity (Wildman–Crippen MR) is 66.0 cm³/mol. The number of hydrogen-bond acceptors (Lipinski definition) is 3. The van der Waals surface area contributed by atoms with Crippen molar-refractivity contribution in [2.75, 3.05) is 13.1 Å². The fourth-order valence-electron chi connectivity index (χ4n) is 2.05. The number of piperidine rings is 1. The summed E-state index contributed by atoms with van der Waals surface area (Å²) in [4.78, 5) is 2.84. The van der Waals surface area contributed by atoms with E-state index in [9.17, 15) is 0 Å². The van der Waals surface area contributed by atoms with Gasteiger partial charge in [0, 0.05) is 22.8 Å². The maximum absolute atomic E-state index is 3.59. The van der Waals surface area contributed by atoms with Gasteiger partial charge in [-0.25, -0.2) is 10.4 Å². The van der Waals surface area contributed by atoms with E-state index in [-0.39, 0.29) is 0 Å². The van der Waals surface area contributed by atoms with Crippen LogP contribution in [0.5, 0.6) is 0 Å². The van der Waals surface area contributed by atoms with E-state index in [1.54, 1.807) is 0 Å². The molecule has 0 aliphatic carbocycles. The van der Waals surface area contributed by atoms with Crippen LogP contribution in [0, 0.1) is 6.92 Å². The van der Waals surface area contributed by atoms with Gasteiger partial charge in [0.1, 0.15) is 0 Å². The van der Waals surface area contributed by atoms with Gasteiger partial charge >= 0.3 is 0 Å². The fourth-order valence-corrected chi connectivity index (χ4v) is 2.92. The van der Waals surface area contributed by atoms with Crippen molar-refractivity contribution in [3.8, 4) is 0 Å². The molecular formula is C12H20N2S. The molecule has 1 aliphatic rings. The number of nitrogens with one attached hydrogen (secondary N) is 1. The van der Waals surface area contributed by atoms with Gasteiger partial charge in [0.05, 0.1) is 6.04 Å². The van der Waals surface area contributed by atoms with E-state index in [1.165, 1.54) is 42.1 Å². The topological polar surface area (TPSA) is 15.3 Å². The second-order valence-corrected chi connectivity index (χ2v) is 5.67. The molecule has 0 aromatic carbocycles. The van der Waals surface area contributed by atoms with Gasteiger partial charge in [-0.3, -0.25) is 0 Å². The van der Waals surface area contributed by atoms with Crippen LogP contribution in [0.3, 0.4) is 0 Å². The van der Waals surface area contributed by atoms with E-state index in [1.807, 2.05) is 11.3 Å². The molecule has 84 valence electrons. The Labute approximate surface area is 96.3 Å². The van der Waals surface area contributed by atoms with Crippen LogP contribution in [0.4, 0.5) is 0 Å². The van der Waals surface area contributed by atoms with E-state index in [0.29, 0.717) is 6.04 Å². The Morgan fingerprint density at radius 3 is 2.60 bits per heavy atom. The van der Waals surface area contributed by atoms with E-state index < -0.39 is 0 Å². The lowest BCUT2D eigenvalue weighted by atomic mass is 10.2. The number of hydrogen-bond donors (Lipinski definition) is 1. The van der Waals surface area contributed by atoms with E-state index in [4.69, 9.17) is 0 Å². The molecule has 3 heteroatoms. The number of rotatable bonds is 3. The maximum Gasteiger partial charge on any atom is 0.0529 e. The van der Waals surface area contributed by atoms with Gasteiger partial charge < -0.3 is 0 Å². The average Bonchev–Trinajstić information content (AvgIpc) is 2.66. The lowest BCUT2D eigenvalue weighted by Crippen LogP contribution is -2.42. The van der Waals surface area contributed by atoms with E-state index >= 15 is 0 Å². The second kappa shape index (κ2) is 5.10. The minimum absolute atomic E-state index is 0.460. The van der Waals surface area contributed by atoms with Gasteiger partial charge in [0.15, 0.2) is 0 Å². The van der Waals surface area contributed by atoms with Crippen molar-refractivity contribution in [2.24, 2.45) is 0 Å². The second-order valence-electron chi connectivity index (χ2n) is 4.35. The van der Waals surface area contributed by atoms with E-state index in [2.05, 4.69) is 36.4 Å². The predicted octanol–water partition coefficient (Wildman–Crippen LogP) is 3.11. The molecule has 2 heterocycles. The molecule has 1 aromatic heterocycles. The molecule has 2 rings (SSSR count). The highest BCUT2D eigenvalue weighted by molar-refractivity contribution is 7.12. The molecule has 15 heavy (non-hydrogen) atoms. The van der Waals surface area contributed by atoms with Crippen LogP contribution in [-0.4, -0.2) is 18.1 Å². The molecule has 1 N–H and O–H groups in total. The van der Waals surface area contributed by atoms with Gasteiger partial charge in [-0.1, -0.05) is 6.42 Å². The largest absolute Gasteiger partial charge is 0.247 e.